The van der Waals surface area contributed by atoms with Crippen molar-refractivity contribution in [2.24, 2.45) is 11.8 Å². The number of carbonyl (C=O) groups is 1. The van der Waals surface area contributed by atoms with Gasteiger partial charge in [-0.15, -0.1) is 0 Å². The van der Waals surface area contributed by atoms with E-state index in [4.69, 9.17) is 0 Å². The van der Waals surface area contributed by atoms with Crippen molar-refractivity contribution >= 4 is 11.7 Å². The Labute approximate surface area is 143 Å². The molecular weight excluding hydrogens is 298 g/mol. The van der Waals surface area contributed by atoms with Gasteiger partial charge in [-0.25, -0.2) is 4.79 Å². The van der Waals surface area contributed by atoms with Crippen molar-refractivity contribution in [3.05, 3.63) is 29.3 Å². The van der Waals surface area contributed by atoms with Crippen molar-refractivity contribution in [3.8, 4) is 6.07 Å². The quantitative estimate of drug-likeness (QED) is 0.876. The Bertz CT molecular complexity index is 695. The van der Waals surface area contributed by atoms with Gasteiger partial charge in [0.1, 0.15) is 0 Å². The van der Waals surface area contributed by atoms with E-state index in [-0.39, 0.29) is 11.9 Å². The zero-order chi connectivity index (χ0) is 16.8. The Kier molecular flexibility index (Phi) is 3.75. The van der Waals surface area contributed by atoms with Crippen molar-refractivity contribution in [3.63, 3.8) is 0 Å². The summed E-state index contributed by atoms with van der Waals surface area (Å²) >= 11 is 0. The summed E-state index contributed by atoms with van der Waals surface area (Å²) in [5.41, 5.74) is 3.30. The second-order valence-corrected chi connectivity index (χ2v) is 7.95. The van der Waals surface area contributed by atoms with Crippen molar-refractivity contribution in [2.45, 2.75) is 64.0 Å². The molecule has 0 spiro atoms. The third-order valence-corrected chi connectivity index (χ3v) is 6.28. The Morgan fingerprint density at radius 3 is 2.62 bits per heavy atom. The first-order valence-corrected chi connectivity index (χ1v) is 9.16. The standard InChI is InChI=1S/C20H25N3O/c1-12-7-16-10-17(8-12)23(16)20(24)22-15-5-3-13(2)19(9-15)18-6-4-14(18)11-21/h3,5,9,12,14,16-18H,4,6-8,10H2,1-2H3,(H,22,24)/t12?,14-,16?,17?,18-/m1/s1. The average Bonchev–Trinajstić information content (AvgIpc) is 2.49. The molecule has 1 N–H and O–H groups in total. The van der Waals surface area contributed by atoms with Crippen LogP contribution in [0, 0.1) is 30.1 Å². The van der Waals surface area contributed by atoms with Gasteiger partial charge in [-0.1, -0.05) is 13.0 Å². The highest BCUT2D eigenvalue weighted by molar-refractivity contribution is 5.90. The zero-order valence-electron chi connectivity index (χ0n) is 14.5. The van der Waals surface area contributed by atoms with Crippen molar-refractivity contribution < 1.29 is 4.79 Å². The second kappa shape index (κ2) is 5.81. The van der Waals surface area contributed by atoms with Crippen LogP contribution >= 0.6 is 0 Å². The van der Waals surface area contributed by atoms with Crippen LogP contribution in [0.3, 0.4) is 0 Å². The maximum atomic E-state index is 12.6. The Balaban J connectivity index is 1.47. The minimum absolute atomic E-state index is 0.0448. The van der Waals surface area contributed by atoms with Gasteiger partial charge in [-0.3, -0.25) is 0 Å². The number of hydrogen-bond acceptors (Lipinski definition) is 2. The molecule has 0 radical (unpaired) electrons. The van der Waals surface area contributed by atoms with Gasteiger partial charge in [-0.2, -0.15) is 5.26 Å². The molecule has 2 unspecified atom stereocenters. The summed E-state index contributed by atoms with van der Waals surface area (Å²) in [7, 11) is 0. The third-order valence-electron chi connectivity index (χ3n) is 6.28. The fourth-order valence-electron chi connectivity index (χ4n) is 4.81. The molecule has 4 nitrogen and oxygen atoms in total. The molecular formula is C20H25N3O. The highest BCUT2D eigenvalue weighted by atomic mass is 16.2. The predicted molar refractivity (Wildman–Crippen MR) is 93.7 cm³/mol. The number of anilines is 1. The molecule has 1 saturated carbocycles. The summed E-state index contributed by atoms with van der Waals surface area (Å²) in [4.78, 5) is 14.7. The van der Waals surface area contributed by atoms with Crippen LogP contribution in [-0.4, -0.2) is 23.0 Å². The number of piperidine rings is 1. The number of urea groups is 1. The van der Waals surface area contributed by atoms with Gasteiger partial charge in [0.2, 0.25) is 0 Å². The van der Waals surface area contributed by atoms with Crippen LogP contribution < -0.4 is 5.32 Å². The molecule has 0 aromatic heterocycles. The molecule has 126 valence electrons. The summed E-state index contributed by atoms with van der Waals surface area (Å²) < 4.78 is 0. The number of hydrogen-bond donors (Lipinski definition) is 1. The van der Waals surface area contributed by atoms with E-state index >= 15 is 0 Å². The van der Waals surface area contributed by atoms with Gasteiger partial charge in [0, 0.05) is 23.7 Å². The lowest BCUT2D eigenvalue weighted by atomic mass is 9.70. The average molecular weight is 323 g/mol. The number of benzene rings is 1. The predicted octanol–water partition coefficient (Wildman–Crippen LogP) is 4.42. The molecule has 1 aromatic rings. The number of carbonyl (C=O) groups excluding carboxylic acids is 1. The summed E-state index contributed by atoms with van der Waals surface area (Å²) in [6.45, 7) is 4.37. The van der Waals surface area contributed by atoms with E-state index in [2.05, 4.69) is 37.4 Å². The van der Waals surface area contributed by atoms with Gasteiger partial charge in [0.25, 0.3) is 0 Å². The van der Waals surface area contributed by atoms with Crippen LogP contribution in [0.2, 0.25) is 0 Å². The number of amides is 2. The highest BCUT2D eigenvalue weighted by Gasteiger charge is 2.46. The SMILES string of the molecule is Cc1ccc(NC(=O)N2C3CC(C)CC2C3)cc1[C@@H]1CC[C@@H]1C#N. The first kappa shape index (κ1) is 15.5. The van der Waals surface area contributed by atoms with E-state index in [0.717, 1.165) is 37.3 Å². The summed E-state index contributed by atoms with van der Waals surface area (Å²) in [6.07, 6.45) is 5.50. The van der Waals surface area contributed by atoms with Crippen molar-refractivity contribution in [2.75, 3.05) is 5.32 Å². The molecule has 1 aromatic carbocycles. The first-order valence-electron chi connectivity index (χ1n) is 9.16. The van der Waals surface area contributed by atoms with Crippen LogP contribution in [0.1, 0.15) is 56.1 Å². The lowest BCUT2D eigenvalue weighted by molar-refractivity contribution is -0.00601. The molecule has 4 heteroatoms. The summed E-state index contributed by atoms with van der Waals surface area (Å²) in [5, 5.41) is 12.3. The number of aryl methyl sites for hydroxylation is 1. The molecule has 2 aliphatic heterocycles. The monoisotopic (exact) mass is 323 g/mol. The second-order valence-electron chi connectivity index (χ2n) is 7.95. The topological polar surface area (TPSA) is 56.1 Å². The highest BCUT2D eigenvalue weighted by Crippen LogP contribution is 2.44. The largest absolute Gasteiger partial charge is 0.322 e. The van der Waals surface area contributed by atoms with Gasteiger partial charge in [0.15, 0.2) is 0 Å². The van der Waals surface area contributed by atoms with Crippen LogP contribution in [0.15, 0.2) is 18.2 Å². The van der Waals surface area contributed by atoms with Crippen LogP contribution in [0.5, 0.6) is 0 Å². The van der Waals surface area contributed by atoms with E-state index in [0.29, 0.717) is 18.0 Å². The molecule has 2 amide bonds. The normalized spacial score (nSPS) is 33.9. The van der Waals surface area contributed by atoms with Gasteiger partial charge in [0.05, 0.1) is 12.0 Å². The Morgan fingerprint density at radius 1 is 1.25 bits per heavy atom. The number of nitrogens with zero attached hydrogens (tertiary/aromatic N) is 2. The van der Waals surface area contributed by atoms with Gasteiger partial charge < -0.3 is 10.2 Å². The maximum absolute atomic E-state index is 12.6. The molecule has 4 atom stereocenters. The van der Waals surface area contributed by atoms with Crippen LogP contribution in [0.25, 0.3) is 0 Å². The lowest BCUT2D eigenvalue weighted by Crippen LogP contribution is -2.63. The maximum Gasteiger partial charge on any atom is 0.322 e. The summed E-state index contributed by atoms with van der Waals surface area (Å²) in [6, 6.07) is 9.44. The molecule has 2 heterocycles. The minimum Gasteiger partial charge on any atom is -0.318 e. The van der Waals surface area contributed by atoms with E-state index in [1.54, 1.807) is 0 Å². The van der Waals surface area contributed by atoms with E-state index in [1.165, 1.54) is 17.5 Å². The Hall–Kier alpha value is -2.02. The molecule has 3 fully saturated rings. The van der Waals surface area contributed by atoms with Crippen molar-refractivity contribution in [1.29, 1.82) is 5.26 Å². The molecule has 1 aliphatic carbocycles. The van der Waals surface area contributed by atoms with Gasteiger partial charge in [-0.05, 0) is 68.2 Å². The molecule has 2 bridgehead atoms. The smallest absolute Gasteiger partial charge is 0.318 e. The van der Waals surface area contributed by atoms with E-state index in [1.807, 2.05) is 11.0 Å². The molecule has 24 heavy (non-hydrogen) atoms. The number of nitriles is 1. The fraction of sp³-hybridized carbons (Fsp3) is 0.600. The summed E-state index contributed by atoms with van der Waals surface area (Å²) in [5.74, 6) is 1.20. The first-order chi connectivity index (χ1) is 11.6. The van der Waals surface area contributed by atoms with E-state index < -0.39 is 0 Å². The molecule has 2 saturated heterocycles. The number of fused-ring (bicyclic) bond motifs is 2. The minimum atomic E-state index is 0.0448. The zero-order valence-corrected chi connectivity index (χ0v) is 14.5. The van der Waals surface area contributed by atoms with E-state index in [9.17, 15) is 10.1 Å². The number of rotatable bonds is 2. The van der Waals surface area contributed by atoms with Crippen LogP contribution in [-0.2, 0) is 0 Å². The number of nitrogens with one attached hydrogen (secondary N) is 1. The van der Waals surface area contributed by atoms with Gasteiger partial charge >= 0.3 is 6.03 Å². The lowest BCUT2D eigenvalue weighted by Gasteiger charge is -2.54. The fourth-order valence-corrected chi connectivity index (χ4v) is 4.81. The van der Waals surface area contributed by atoms with Crippen molar-refractivity contribution in [1.82, 2.24) is 4.90 Å². The van der Waals surface area contributed by atoms with Crippen LogP contribution in [0.4, 0.5) is 10.5 Å². The Morgan fingerprint density at radius 2 is 2.00 bits per heavy atom. The molecule has 4 rings (SSSR count). The third kappa shape index (κ3) is 2.47. The molecule has 3 aliphatic rings.